The van der Waals surface area contributed by atoms with Gasteiger partial charge in [0.25, 0.3) is 5.91 Å². The van der Waals surface area contributed by atoms with Crippen LogP contribution >= 0.6 is 0 Å². The van der Waals surface area contributed by atoms with Crippen molar-refractivity contribution in [1.82, 2.24) is 20.4 Å². The number of halogens is 1. The number of nitrogens with one attached hydrogen (secondary N) is 2. The lowest BCUT2D eigenvalue weighted by Crippen LogP contribution is -2.37. The van der Waals surface area contributed by atoms with E-state index in [1.54, 1.807) is 18.2 Å². The third kappa shape index (κ3) is 4.25. The average Bonchev–Trinajstić information content (AvgIpc) is 3.29. The number of aromatic nitrogens is 2. The van der Waals surface area contributed by atoms with Gasteiger partial charge in [0.1, 0.15) is 11.5 Å². The Balaban J connectivity index is 1.69. The van der Waals surface area contributed by atoms with E-state index in [0.717, 1.165) is 44.5 Å². The van der Waals surface area contributed by atoms with Gasteiger partial charge in [-0.15, -0.1) is 0 Å². The molecule has 1 atom stereocenters. The first kappa shape index (κ1) is 17.6. The zero-order valence-corrected chi connectivity index (χ0v) is 14.6. The molecule has 6 heteroatoms. The van der Waals surface area contributed by atoms with E-state index in [0.29, 0.717) is 17.8 Å². The summed E-state index contributed by atoms with van der Waals surface area (Å²) >= 11 is 0. The van der Waals surface area contributed by atoms with Crippen LogP contribution in [0, 0.1) is 5.82 Å². The molecule has 0 bridgehead atoms. The van der Waals surface area contributed by atoms with Crippen molar-refractivity contribution in [2.24, 2.45) is 0 Å². The zero-order valence-electron chi connectivity index (χ0n) is 14.6. The van der Waals surface area contributed by atoms with Gasteiger partial charge in [-0.3, -0.25) is 14.8 Å². The third-order valence-corrected chi connectivity index (χ3v) is 4.68. The number of likely N-dealkylation sites (tertiary alicyclic amines) is 1. The predicted molar refractivity (Wildman–Crippen MR) is 94.9 cm³/mol. The van der Waals surface area contributed by atoms with Crippen molar-refractivity contribution < 1.29 is 9.18 Å². The van der Waals surface area contributed by atoms with E-state index in [-0.39, 0.29) is 17.8 Å². The Hall–Kier alpha value is -2.21. The van der Waals surface area contributed by atoms with Crippen molar-refractivity contribution in [3.8, 4) is 0 Å². The topological polar surface area (TPSA) is 61.0 Å². The smallest absolute Gasteiger partial charge is 0.271 e. The van der Waals surface area contributed by atoms with Crippen LogP contribution < -0.4 is 5.32 Å². The van der Waals surface area contributed by atoms with Crippen molar-refractivity contribution in [2.45, 2.75) is 38.6 Å². The Labute approximate surface area is 147 Å². The minimum Gasteiger partial charge on any atom is -0.349 e. The van der Waals surface area contributed by atoms with E-state index in [2.05, 4.69) is 27.3 Å². The Bertz CT molecular complexity index is 709. The average molecular weight is 344 g/mol. The van der Waals surface area contributed by atoms with Crippen LogP contribution in [0.25, 0.3) is 0 Å². The summed E-state index contributed by atoms with van der Waals surface area (Å²) in [6.45, 7) is 4.31. The van der Waals surface area contributed by atoms with Crippen LogP contribution in [-0.2, 0) is 6.42 Å². The molecule has 5 nitrogen and oxygen atoms in total. The Morgan fingerprint density at radius 3 is 2.84 bits per heavy atom. The number of aromatic amines is 1. The molecule has 1 aliphatic rings. The number of H-pyrrole nitrogens is 1. The second-order valence-corrected chi connectivity index (χ2v) is 6.52. The number of aryl methyl sites for hydroxylation is 1. The van der Waals surface area contributed by atoms with Crippen LogP contribution in [-0.4, -0.2) is 40.6 Å². The SMILES string of the molecule is CCCc1cc(C(=O)NC[C@@H](c2ccccc2F)N2CCCC2)n[nH]1. The molecule has 134 valence electrons. The maximum absolute atomic E-state index is 14.3. The molecule has 2 aromatic rings. The lowest BCUT2D eigenvalue weighted by atomic mass is 10.0. The molecule has 0 saturated carbocycles. The normalized spacial score (nSPS) is 16.1. The summed E-state index contributed by atoms with van der Waals surface area (Å²) < 4.78 is 14.3. The number of hydrogen-bond acceptors (Lipinski definition) is 3. The van der Waals surface area contributed by atoms with Crippen LogP contribution in [0.15, 0.2) is 30.3 Å². The van der Waals surface area contributed by atoms with Gasteiger partial charge in [0.05, 0.1) is 6.04 Å². The van der Waals surface area contributed by atoms with Gasteiger partial charge in [-0.05, 0) is 44.5 Å². The number of rotatable bonds is 7. The number of benzene rings is 1. The van der Waals surface area contributed by atoms with Gasteiger partial charge < -0.3 is 5.32 Å². The highest BCUT2D eigenvalue weighted by Crippen LogP contribution is 2.26. The Morgan fingerprint density at radius 2 is 2.12 bits per heavy atom. The largest absolute Gasteiger partial charge is 0.349 e. The molecule has 0 aliphatic carbocycles. The fourth-order valence-corrected chi connectivity index (χ4v) is 3.39. The maximum Gasteiger partial charge on any atom is 0.271 e. The number of hydrogen-bond donors (Lipinski definition) is 2. The van der Waals surface area contributed by atoms with Crippen LogP contribution in [0.1, 0.15) is 54.0 Å². The van der Waals surface area contributed by atoms with Crippen molar-refractivity contribution in [3.05, 3.63) is 53.1 Å². The van der Waals surface area contributed by atoms with Gasteiger partial charge in [-0.1, -0.05) is 31.5 Å². The quantitative estimate of drug-likeness (QED) is 0.811. The zero-order chi connectivity index (χ0) is 17.6. The molecular formula is C19H25FN4O. The summed E-state index contributed by atoms with van der Waals surface area (Å²) in [4.78, 5) is 14.6. The molecule has 0 unspecified atom stereocenters. The van der Waals surface area contributed by atoms with Gasteiger partial charge >= 0.3 is 0 Å². The van der Waals surface area contributed by atoms with Crippen LogP contribution in [0.4, 0.5) is 4.39 Å². The van der Waals surface area contributed by atoms with Gasteiger partial charge in [-0.2, -0.15) is 5.10 Å². The molecule has 0 radical (unpaired) electrons. The summed E-state index contributed by atoms with van der Waals surface area (Å²) in [5, 5.41) is 9.89. The second kappa shape index (κ2) is 8.25. The number of amides is 1. The lowest BCUT2D eigenvalue weighted by molar-refractivity contribution is 0.0932. The standard InChI is InChI=1S/C19H25FN4O/c1-2-7-14-12-17(23-22-14)19(25)21-13-18(24-10-5-6-11-24)15-8-3-4-9-16(15)20/h3-4,8-9,12,18H,2,5-7,10-11,13H2,1H3,(H,21,25)(H,22,23)/t18-/m0/s1. The third-order valence-electron chi connectivity index (χ3n) is 4.68. The van der Waals surface area contributed by atoms with E-state index in [9.17, 15) is 9.18 Å². The molecule has 1 aromatic carbocycles. The highest BCUT2D eigenvalue weighted by molar-refractivity contribution is 5.92. The predicted octanol–water partition coefficient (Wildman–Crippen LogP) is 3.07. The molecular weight excluding hydrogens is 319 g/mol. The summed E-state index contributed by atoms with van der Waals surface area (Å²) in [6, 6.07) is 8.45. The minimum absolute atomic E-state index is 0.151. The first-order valence-electron chi connectivity index (χ1n) is 9.00. The summed E-state index contributed by atoms with van der Waals surface area (Å²) in [5.41, 5.74) is 1.98. The van der Waals surface area contributed by atoms with E-state index in [4.69, 9.17) is 0 Å². The van der Waals surface area contributed by atoms with Crippen molar-refractivity contribution in [3.63, 3.8) is 0 Å². The van der Waals surface area contributed by atoms with E-state index in [1.165, 1.54) is 6.07 Å². The van der Waals surface area contributed by atoms with E-state index < -0.39 is 0 Å². The van der Waals surface area contributed by atoms with E-state index >= 15 is 0 Å². The van der Waals surface area contributed by atoms with Crippen molar-refractivity contribution in [1.29, 1.82) is 0 Å². The Kier molecular flexibility index (Phi) is 5.81. The first-order valence-corrected chi connectivity index (χ1v) is 9.00. The molecule has 1 saturated heterocycles. The molecule has 1 aromatic heterocycles. The van der Waals surface area contributed by atoms with Gasteiger partial charge in [0, 0.05) is 17.8 Å². The van der Waals surface area contributed by atoms with Crippen molar-refractivity contribution in [2.75, 3.05) is 19.6 Å². The van der Waals surface area contributed by atoms with Crippen LogP contribution in [0.3, 0.4) is 0 Å². The van der Waals surface area contributed by atoms with E-state index in [1.807, 2.05) is 6.07 Å². The summed E-state index contributed by atoms with van der Waals surface area (Å²) in [6.07, 6.45) is 4.08. The number of carbonyl (C=O) groups is 1. The highest BCUT2D eigenvalue weighted by Gasteiger charge is 2.26. The van der Waals surface area contributed by atoms with Crippen molar-refractivity contribution >= 4 is 5.91 Å². The van der Waals surface area contributed by atoms with Crippen LogP contribution in [0.5, 0.6) is 0 Å². The number of nitrogens with zero attached hydrogens (tertiary/aromatic N) is 2. The molecule has 25 heavy (non-hydrogen) atoms. The minimum atomic E-state index is -0.223. The molecule has 1 fully saturated rings. The van der Waals surface area contributed by atoms with Gasteiger partial charge in [-0.25, -0.2) is 4.39 Å². The van der Waals surface area contributed by atoms with Gasteiger partial charge in [0.2, 0.25) is 0 Å². The molecule has 1 aliphatic heterocycles. The summed E-state index contributed by atoms with van der Waals surface area (Å²) in [5.74, 6) is -0.446. The molecule has 0 spiro atoms. The molecule has 3 rings (SSSR count). The summed E-state index contributed by atoms with van der Waals surface area (Å²) in [7, 11) is 0. The lowest BCUT2D eigenvalue weighted by Gasteiger charge is -2.28. The van der Waals surface area contributed by atoms with Gasteiger partial charge in [0.15, 0.2) is 0 Å². The first-order chi connectivity index (χ1) is 12.2. The Morgan fingerprint density at radius 1 is 1.36 bits per heavy atom. The maximum atomic E-state index is 14.3. The fraction of sp³-hybridized carbons (Fsp3) is 0.474. The fourth-order valence-electron chi connectivity index (χ4n) is 3.39. The number of carbonyl (C=O) groups excluding carboxylic acids is 1. The molecule has 1 amide bonds. The monoisotopic (exact) mass is 344 g/mol. The molecule has 2 heterocycles. The second-order valence-electron chi connectivity index (χ2n) is 6.52. The highest BCUT2D eigenvalue weighted by atomic mass is 19.1. The molecule has 2 N–H and O–H groups in total. The van der Waals surface area contributed by atoms with Crippen LogP contribution in [0.2, 0.25) is 0 Å².